The molecule has 61 heavy (non-hydrogen) atoms. The third kappa shape index (κ3) is 8.54. The molecule has 0 atom stereocenters. The lowest BCUT2D eigenvalue weighted by Crippen LogP contribution is -2.37. The molecule has 3 amide bonds. The first-order valence-electron chi connectivity index (χ1n) is 19.9. The number of rotatable bonds is 11. The normalized spacial score (nSPS) is 12.6. The molecule has 1 aliphatic rings. The molecule has 0 aliphatic carbocycles. The van der Waals surface area contributed by atoms with E-state index < -0.39 is 27.7 Å². The van der Waals surface area contributed by atoms with Gasteiger partial charge in [-0.3, -0.25) is 14.4 Å². The second-order valence-corrected chi connectivity index (χ2v) is 17.4. The number of hydrogen-bond acceptors (Lipinski definition) is 6. The zero-order chi connectivity index (χ0) is 42.8. The van der Waals surface area contributed by atoms with Crippen LogP contribution in [0.3, 0.4) is 0 Å². The molecule has 7 aromatic rings. The van der Waals surface area contributed by atoms with E-state index in [4.69, 9.17) is 28.3 Å². The fraction of sp³-hybridized carbons (Fsp3) is 0.167. The molecule has 0 radical (unpaired) electrons. The van der Waals surface area contributed by atoms with Crippen molar-refractivity contribution in [2.45, 2.75) is 44.6 Å². The Hall–Kier alpha value is -6.27. The molecule has 6 aromatic carbocycles. The minimum Gasteiger partial charge on any atom is -0.334 e. The zero-order valence-electron chi connectivity index (χ0n) is 33.4. The van der Waals surface area contributed by atoms with Crippen LogP contribution in [-0.4, -0.2) is 53.9 Å². The summed E-state index contributed by atoms with van der Waals surface area (Å²) in [7, 11) is -4.30. The Kier molecular flexibility index (Phi) is 11.8. The van der Waals surface area contributed by atoms with Crippen molar-refractivity contribution in [3.8, 4) is 16.8 Å². The highest BCUT2D eigenvalue weighted by molar-refractivity contribution is 7.90. The van der Waals surface area contributed by atoms with Crippen LogP contribution in [0.2, 0.25) is 10.0 Å². The monoisotopic (exact) mass is 869 g/mol. The minimum absolute atomic E-state index is 0.0132. The summed E-state index contributed by atoms with van der Waals surface area (Å²) in [6, 6.07) is 39.3. The van der Waals surface area contributed by atoms with E-state index in [-0.39, 0.29) is 32.4 Å². The van der Waals surface area contributed by atoms with E-state index >= 15 is 0 Å². The molecule has 0 unspecified atom stereocenters. The molecule has 308 valence electrons. The average Bonchev–Trinajstić information content (AvgIpc) is 3.58. The number of anilines is 1. The van der Waals surface area contributed by atoms with Crippen molar-refractivity contribution < 1.29 is 22.8 Å². The predicted molar refractivity (Wildman–Crippen MR) is 240 cm³/mol. The Morgan fingerprint density at radius 3 is 2.30 bits per heavy atom. The van der Waals surface area contributed by atoms with Crippen LogP contribution >= 0.6 is 23.2 Å². The molecule has 0 saturated carbocycles. The summed E-state index contributed by atoms with van der Waals surface area (Å²) < 4.78 is 30.7. The highest BCUT2D eigenvalue weighted by Gasteiger charge is 2.30. The van der Waals surface area contributed by atoms with Gasteiger partial charge in [-0.1, -0.05) is 115 Å². The van der Waals surface area contributed by atoms with Crippen LogP contribution < -0.4 is 9.62 Å². The largest absolute Gasteiger partial charge is 0.334 e. The van der Waals surface area contributed by atoms with Crippen molar-refractivity contribution in [3.05, 3.63) is 177 Å². The maximum absolute atomic E-state index is 14.6. The maximum atomic E-state index is 14.6. The molecule has 13 heteroatoms. The lowest BCUT2D eigenvalue weighted by molar-refractivity contribution is 0.0734. The molecule has 2 heterocycles. The number of sulfonamides is 1. The van der Waals surface area contributed by atoms with Crippen molar-refractivity contribution in [1.82, 2.24) is 19.4 Å². The minimum atomic E-state index is -4.30. The Morgan fingerprint density at radius 1 is 0.787 bits per heavy atom. The third-order valence-electron chi connectivity index (χ3n) is 11.0. The van der Waals surface area contributed by atoms with E-state index in [1.54, 1.807) is 34.9 Å². The van der Waals surface area contributed by atoms with Crippen molar-refractivity contribution in [1.29, 1.82) is 0 Å². The van der Waals surface area contributed by atoms with Crippen molar-refractivity contribution in [2.75, 3.05) is 18.0 Å². The summed E-state index contributed by atoms with van der Waals surface area (Å²) in [6.07, 6.45) is 2.17. The number of fused-ring (bicyclic) bond motifs is 2. The molecule has 1 N–H and O–H groups in total. The summed E-state index contributed by atoms with van der Waals surface area (Å²) >= 11 is 13.1. The summed E-state index contributed by atoms with van der Waals surface area (Å²) in [6.45, 7) is 4.87. The lowest BCUT2D eigenvalue weighted by atomic mass is 9.98. The topological polar surface area (TPSA) is 122 Å². The molecule has 0 bridgehead atoms. The smallest absolute Gasteiger partial charge is 0.280 e. The Balaban J connectivity index is 1.16. The zero-order valence-corrected chi connectivity index (χ0v) is 35.8. The third-order valence-corrected chi connectivity index (χ3v) is 13.0. The van der Waals surface area contributed by atoms with Gasteiger partial charge in [-0.2, -0.15) is 5.10 Å². The molecule has 0 fully saturated rings. The van der Waals surface area contributed by atoms with Crippen molar-refractivity contribution >= 4 is 67.4 Å². The van der Waals surface area contributed by atoms with Gasteiger partial charge in [0, 0.05) is 35.9 Å². The standard InChI is InChI=1S/C48H41Cl2N5O5S/c1-3-4-25-54(40-15-9-14-35(27-40)34-16-20-39(49)21-17-34)48(58)45-44(50)31(2)55(51-45)43-23-19-37(29-42(43)47(57)53-26-24-33-11-6-8-13-38(33)30-53)46(56)52-61(59,60)41-22-18-32-10-5-7-12-36(32)28-41/h5-23,27-29H,3-4,24-26,30H2,1-2H3,(H,52,56). The quantitative estimate of drug-likeness (QED) is 0.138. The van der Waals surface area contributed by atoms with Gasteiger partial charge in [0.25, 0.3) is 27.7 Å². The van der Waals surface area contributed by atoms with E-state index in [1.807, 2.05) is 91.9 Å². The molecular weight excluding hydrogens is 830 g/mol. The number of aromatic nitrogens is 2. The second kappa shape index (κ2) is 17.4. The van der Waals surface area contributed by atoms with Gasteiger partial charge in [-0.05, 0) is 107 Å². The molecule has 1 aliphatic heterocycles. The van der Waals surface area contributed by atoms with E-state index in [9.17, 15) is 22.8 Å². The van der Waals surface area contributed by atoms with Crippen molar-refractivity contribution in [3.63, 3.8) is 0 Å². The Bertz CT molecular complexity index is 2950. The van der Waals surface area contributed by atoms with Gasteiger partial charge in [0.15, 0.2) is 5.69 Å². The molecule has 0 spiro atoms. The SMILES string of the molecule is CCCCN(C(=O)c1nn(-c2ccc(C(=O)NS(=O)(=O)c3ccc4ccccc4c3)cc2C(=O)N2CCc3ccccc3C2)c(C)c1Cl)c1cccc(-c2ccc(Cl)cc2)c1. The van der Waals surface area contributed by atoms with E-state index in [0.29, 0.717) is 54.3 Å². The Morgan fingerprint density at radius 2 is 1.52 bits per heavy atom. The Labute approximate surface area is 364 Å². The van der Waals surface area contributed by atoms with E-state index in [2.05, 4.69) is 4.72 Å². The van der Waals surface area contributed by atoms with Gasteiger partial charge in [0.05, 0.1) is 26.9 Å². The molecule has 0 saturated heterocycles. The summed E-state index contributed by atoms with van der Waals surface area (Å²) in [5.74, 6) is -1.75. The summed E-state index contributed by atoms with van der Waals surface area (Å²) in [5.41, 5.74) is 5.29. The van der Waals surface area contributed by atoms with E-state index in [0.717, 1.165) is 34.1 Å². The van der Waals surface area contributed by atoms with Crippen LogP contribution in [0.1, 0.15) is 67.8 Å². The number of carbonyl (C=O) groups is 3. The van der Waals surface area contributed by atoms with Crippen LogP contribution in [0.25, 0.3) is 27.6 Å². The first-order valence-corrected chi connectivity index (χ1v) is 22.1. The number of benzene rings is 6. The van der Waals surface area contributed by atoms with E-state index in [1.165, 1.54) is 35.0 Å². The highest BCUT2D eigenvalue weighted by Crippen LogP contribution is 2.32. The maximum Gasteiger partial charge on any atom is 0.280 e. The number of nitrogens with zero attached hydrogens (tertiary/aromatic N) is 4. The van der Waals surface area contributed by atoms with Gasteiger partial charge in [0.2, 0.25) is 0 Å². The fourth-order valence-electron chi connectivity index (χ4n) is 7.59. The molecule has 8 rings (SSSR count). The molecule has 10 nitrogen and oxygen atoms in total. The number of halogens is 2. The first-order chi connectivity index (χ1) is 29.4. The van der Waals surface area contributed by atoms with Crippen LogP contribution in [-0.2, 0) is 23.0 Å². The van der Waals surface area contributed by atoms with Crippen LogP contribution in [0.5, 0.6) is 0 Å². The van der Waals surface area contributed by atoms with Gasteiger partial charge in [0.1, 0.15) is 0 Å². The molecular formula is C48H41Cl2N5O5S. The lowest BCUT2D eigenvalue weighted by Gasteiger charge is -2.29. The van der Waals surface area contributed by atoms with Crippen LogP contribution in [0.4, 0.5) is 5.69 Å². The van der Waals surface area contributed by atoms with Gasteiger partial charge in [-0.25, -0.2) is 17.8 Å². The summed E-state index contributed by atoms with van der Waals surface area (Å²) in [4.78, 5) is 46.3. The second-order valence-electron chi connectivity index (χ2n) is 14.9. The van der Waals surface area contributed by atoms with Gasteiger partial charge in [-0.15, -0.1) is 0 Å². The van der Waals surface area contributed by atoms with Crippen LogP contribution in [0, 0.1) is 6.92 Å². The summed E-state index contributed by atoms with van der Waals surface area (Å²) in [5, 5.41) is 7.03. The predicted octanol–water partition coefficient (Wildman–Crippen LogP) is 10.1. The average molecular weight is 871 g/mol. The fourth-order valence-corrected chi connectivity index (χ4v) is 8.92. The number of unbranched alkanes of at least 4 members (excludes halogenated alkanes) is 1. The highest BCUT2D eigenvalue weighted by atomic mass is 35.5. The number of amides is 3. The van der Waals surface area contributed by atoms with Crippen LogP contribution in [0.15, 0.2) is 138 Å². The molecule has 1 aromatic heterocycles. The van der Waals surface area contributed by atoms with Gasteiger partial charge >= 0.3 is 0 Å². The van der Waals surface area contributed by atoms with Crippen molar-refractivity contribution in [2.24, 2.45) is 0 Å². The first kappa shape index (κ1) is 41.5. The number of nitrogens with one attached hydrogen (secondary N) is 1. The number of hydrogen-bond donors (Lipinski definition) is 1. The van der Waals surface area contributed by atoms with Gasteiger partial charge < -0.3 is 9.80 Å². The number of carbonyl (C=O) groups excluding carboxylic acids is 3.